The highest BCUT2D eigenvalue weighted by Crippen LogP contribution is 2.17. The van der Waals surface area contributed by atoms with E-state index in [9.17, 15) is 4.79 Å². The molecule has 0 aliphatic carbocycles. The maximum Gasteiger partial charge on any atom is 0.253 e. The number of pyridine rings is 1. The molecule has 1 aliphatic heterocycles. The smallest absolute Gasteiger partial charge is 0.253 e. The van der Waals surface area contributed by atoms with E-state index in [0.717, 1.165) is 12.8 Å². The molecule has 0 bridgehead atoms. The molecule has 1 amide bonds. The maximum absolute atomic E-state index is 11.9. The maximum atomic E-state index is 11.9. The van der Waals surface area contributed by atoms with Gasteiger partial charge in [0.2, 0.25) is 0 Å². The van der Waals surface area contributed by atoms with Crippen molar-refractivity contribution in [2.24, 2.45) is 0 Å². The van der Waals surface area contributed by atoms with E-state index < -0.39 is 0 Å². The number of nitrogens with one attached hydrogen (secondary N) is 1. The van der Waals surface area contributed by atoms with Gasteiger partial charge >= 0.3 is 0 Å². The molecule has 2 heterocycles. The van der Waals surface area contributed by atoms with Crippen LogP contribution in [0.1, 0.15) is 23.2 Å². The van der Waals surface area contributed by atoms with E-state index >= 15 is 0 Å². The molecule has 1 aromatic rings. The first-order valence-corrected chi connectivity index (χ1v) is 5.84. The van der Waals surface area contributed by atoms with E-state index in [2.05, 4.69) is 10.3 Å². The summed E-state index contributed by atoms with van der Waals surface area (Å²) >= 11 is 5.81. The van der Waals surface area contributed by atoms with Gasteiger partial charge in [-0.2, -0.15) is 0 Å². The lowest BCUT2D eigenvalue weighted by Crippen LogP contribution is -2.38. The van der Waals surface area contributed by atoms with Crippen LogP contribution < -0.4 is 11.1 Å². The molecule has 17 heavy (non-hydrogen) atoms. The number of nitrogens with two attached hydrogens (primary N) is 1. The van der Waals surface area contributed by atoms with Crippen LogP contribution in [0.5, 0.6) is 0 Å². The zero-order valence-electron chi connectivity index (χ0n) is 9.28. The molecule has 1 aromatic heterocycles. The molecule has 1 aliphatic rings. The topological polar surface area (TPSA) is 77.2 Å². The first-order chi connectivity index (χ1) is 8.16. The monoisotopic (exact) mass is 255 g/mol. The molecule has 3 N–H and O–H groups in total. The van der Waals surface area contributed by atoms with Crippen molar-refractivity contribution in [2.75, 3.05) is 18.9 Å². The molecular weight excluding hydrogens is 242 g/mol. The summed E-state index contributed by atoms with van der Waals surface area (Å²) in [5.41, 5.74) is 5.91. The number of hydrogen-bond donors (Lipinski definition) is 2. The van der Waals surface area contributed by atoms with E-state index in [1.807, 2.05) is 0 Å². The first kappa shape index (κ1) is 12.1. The van der Waals surface area contributed by atoms with Crippen molar-refractivity contribution < 1.29 is 9.53 Å². The number of rotatable bonds is 2. The minimum atomic E-state index is -0.175. The number of carbonyl (C=O) groups is 1. The largest absolute Gasteiger partial charge is 0.382 e. The number of nitrogens with zero attached hydrogens (tertiary/aromatic N) is 1. The lowest BCUT2D eigenvalue weighted by Gasteiger charge is -2.23. The highest BCUT2D eigenvalue weighted by atomic mass is 35.5. The lowest BCUT2D eigenvalue weighted by molar-refractivity contribution is 0.0696. The highest BCUT2D eigenvalue weighted by molar-refractivity contribution is 6.33. The number of ether oxygens (including phenoxy) is 1. The second-order valence-electron chi connectivity index (χ2n) is 3.95. The number of amides is 1. The fourth-order valence-electron chi connectivity index (χ4n) is 1.68. The van der Waals surface area contributed by atoms with E-state index in [0.29, 0.717) is 23.8 Å². The van der Waals surface area contributed by atoms with Crippen LogP contribution in [0.15, 0.2) is 12.3 Å². The van der Waals surface area contributed by atoms with Gasteiger partial charge in [0.15, 0.2) is 0 Å². The molecule has 0 saturated carbocycles. The Morgan fingerprint density at radius 1 is 1.53 bits per heavy atom. The third kappa shape index (κ3) is 3.08. The van der Waals surface area contributed by atoms with Crippen molar-refractivity contribution in [2.45, 2.75) is 18.9 Å². The number of nitrogen functional groups attached to an aromatic ring is 1. The molecule has 6 heteroatoms. The third-order valence-corrected chi connectivity index (χ3v) is 2.99. The van der Waals surface area contributed by atoms with Crippen molar-refractivity contribution in [3.8, 4) is 0 Å². The Kier molecular flexibility index (Phi) is 3.81. The summed E-state index contributed by atoms with van der Waals surface area (Å²) in [6.45, 7) is 1.37. The molecule has 1 fully saturated rings. The number of aromatic nitrogens is 1. The predicted octanol–water partition coefficient (Wildman–Crippen LogP) is 1.23. The quantitative estimate of drug-likeness (QED) is 0.833. The minimum Gasteiger partial charge on any atom is -0.382 e. The van der Waals surface area contributed by atoms with Gasteiger partial charge in [0, 0.05) is 25.5 Å². The summed E-state index contributed by atoms with van der Waals surface area (Å²) in [4.78, 5) is 15.7. The van der Waals surface area contributed by atoms with Crippen LogP contribution >= 0.6 is 11.6 Å². The fraction of sp³-hybridized carbons (Fsp3) is 0.455. The van der Waals surface area contributed by atoms with Crippen LogP contribution in [0.3, 0.4) is 0 Å². The Hall–Kier alpha value is -1.33. The van der Waals surface area contributed by atoms with Crippen LogP contribution in [0.4, 0.5) is 5.82 Å². The normalized spacial score (nSPS) is 16.8. The van der Waals surface area contributed by atoms with Crippen molar-refractivity contribution in [3.63, 3.8) is 0 Å². The number of hydrogen-bond acceptors (Lipinski definition) is 4. The van der Waals surface area contributed by atoms with Gasteiger partial charge in [-0.1, -0.05) is 11.6 Å². The molecule has 0 unspecified atom stereocenters. The molecule has 0 atom stereocenters. The summed E-state index contributed by atoms with van der Waals surface area (Å²) in [6, 6.07) is 1.69. The number of carbonyl (C=O) groups excluding carboxylic acids is 1. The van der Waals surface area contributed by atoms with Gasteiger partial charge in [-0.3, -0.25) is 4.79 Å². The van der Waals surface area contributed by atoms with Gasteiger partial charge in [-0.15, -0.1) is 0 Å². The Morgan fingerprint density at radius 2 is 2.24 bits per heavy atom. The van der Waals surface area contributed by atoms with Crippen LogP contribution in [0.2, 0.25) is 5.02 Å². The van der Waals surface area contributed by atoms with Crippen molar-refractivity contribution in [3.05, 3.63) is 22.8 Å². The fourth-order valence-corrected chi connectivity index (χ4v) is 1.85. The molecule has 5 nitrogen and oxygen atoms in total. The lowest BCUT2D eigenvalue weighted by atomic mass is 10.1. The average molecular weight is 256 g/mol. The second kappa shape index (κ2) is 5.33. The van der Waals surface area contributed by atoms with Crippen molar-refractivity contribution in [1.29, 1.82) is 0 Å². The van der Waals surface area contributed by atoms with Gasteiger partial charge in [0.1, 0.15) is 5.82 Å². The van der Waals surface area contributed by atoms with Gasteiger partial charge in [0.05, 0.1) is 10.6 Å². The standard InChI is InChI=1S/C11H14ClN3O2/c12-9-5-7(6-14-10(9)13)11(16)15-8-1-3-17-4-2-8/h5-6,8H,1-4H2,(H2,13,14)(H,15,16). The Balaban J connectivity index is 2.01. The van der Waals surface area contributed by atoms with Crippen LogP contribution in [-0.2, 0) is 4.74 Å². The molecule has 0 radical (unpaired) electrons. The summed E-state index contributed by atoms with van der Waals surface area (Å²) in [5.74, 6) is 0.0561. The highest BCUT2D eigenvalue weighted by Gasteiger charge is 2.17. The summed E-state index contributed by atoms with van der Waals surface area (Å²) < 4.78 is 5.22. The zero-order chi connectivity index (χ0) is 12.3. The van der Waals surface area contributed by atoms with E-state index in [-0.39, 0.29) is 17.8 Å². The molecule has 0 aromatic carbocycles. The summed E-state index contributed by atoms with van der Waals surface area (Å²) in [7, 11) is 0. The predicted molar refractivity (Wildman–Crippen MR) is 65.0 cm³/mol. The average Bonchev–Trinajstić information content (AvgIpc) is 2.34. The molecule has 92 valence electrons. The summed E-state index contributed by atoms with van der Waals surface area (Å²) in [5, 5.41) is 3.22. The van der Waals surface area contributed by atoms with Crippen LogP contribution in [-0.4, -0.2) is 30.1 Å². The Morgan fingerprint density at radius 3 is 2.88 bits per heavy atom. The Bertz CT molecular complexity index is 419. The Labute approximate surface area is 104 Å². The molecular formula is C11H14ClN3O2. The van der Waals surface area contributed by atoms with E-state index in [4.69, 9.17) is 22.1 Å². The number of halogens is 1. The molecule has 2 rings (SSSR count). The third-order valence-electron chi connectivity index (χ3n) is 2.69. The second-order valence-corrected chi connectivity index (χ2v) is 4.36. The van der Waals surface area contributed by atoms with E-state index in [1.165, 1.54) is 12.3 Å². The molecule has 0 spiro atoms. The number of anilines is 1. The minimum absolute atomic E-state index is 0.160. The molecule has 1 saturated heterocycles. The summed E-state index contributed by atoms with van der Waals surface area (Å²) in [6.07, 6.45) is 3.10. The van der Waals surface area contributed by atoms with Crippen LogP contribution in [0, 0.1) is 0 Å². The van der Waals surface area contributed by atoms with Gasteiger partial charge in [0.25, 0.3) is 5.91 Å². The van der Waals surface area contributed by atoms with Crippen molar-refractivity contribution >= 4 is 23.3 Å². The van der Waals surface area contributed by atoms with E-state index in [1.54, 1.807) is 0 Å². The SMILES string of the molecule is Nc1ncc(C(=O)NC2CCOCC2)cc1Cl. The van der Waals surface area contributed by atoms with Gasteiger partial charge in [-0.05, 0) is 18.9 Å². The van der Waals surface area contributed by atoms with Gasteiger partial charge in [-0.25, -0.2) is 4.98 Å². The van der Waals surface area contributed by atoms with Gasteiger partial charge < -0.3 is 15.8 Å². The van der Waals surface area contributed by atoms with Crippen molar-refractivity contribution in [1.82, 2.24) is 10.3 Å². The zero-order valence-corrected chi connectivity index (χ0v) is 10.0. The first-order valence-electron chi connectivity index (χ1n) is 5.46. The van der Waals surface area contributed by atoms with Crippen LogP contribution in [0.25, 0.3) is 0 Å².